The summed E-state index contributed by atoms with van der Waals surface area (Å²) in [5.41, 5.74) is 3.17. The Kier molecular flexibility index (Phi) is 5.98. The summed E-state index contributed by atoms with van der Waals surface area (Å²) in [6.07, 6.45) is 1.69. The van der Waals surface area contributed by atoms with Crippen LogP contribution in [0.4, 0.5) is 5.69 Å². The molecule has 0 radical (unpaired) electrons. The van der Waals surface area contributed by atoms with Crippen molar-refractivity contribution in [1.29, 1.82) is 0 Å². The number of para-hydroxylation sites is 1. The van der Waals surface area contributed by atoms with Crippen LogP contribution in [0.15, 0.2) is 120 Å². The summed E-state index contributed by atoms with van der Waals surface area (Å²) in [6.45, 7) is 0. The van der Waals surface area contributed by atoms with Gasteiger partial charge in [-0.1, -0.05) is 36.4 Å². The average molecular weight is 521 g/mol. The topological polar surface area (TPSA) is 111 Å². The third kappa shape index (κ3) is 4.80. The van der Waals surface area contributed by atoms with Gasteiger partial charge < -0.3 is 4.74 Å². The minimum Gasteiger partial charge on any atom is -0.457 e. The molecule has 6 aromatic rings. The Morgan fingerprint density at radius 2 is 1.42 bits per heavy atom. The summed E-state index contributed by atoms with van der Waals surface area (Å²) < 4.78 is 35.8. The third-order valence-corrected chi connectivity index (χ3v) is 7.10. The molecule has 0 saturated carbocycles. The number of aromatic nitrogens is 5. The molecule has 1 N–H and O–H groups in total. The van der Waals surface area contributed by atoms with E-state index in [0.29, 0.717) is 40.0 Å². The molecule has 3 aromatic carbocycles. The van der Waals surface area contributed by atoms with Crippen LogP contribution in [0.2, 0.25) is 0 Å². The van der Waals surface area contributed by atoms with Gasteiger partial charge in [-0.15, -0.1) is 10.2 Å². The first-order valence-electron chi connectivity index (χ1n) is 11.7. The van der Waals surface area contributed by atoms with Gasteiger partial charge in [0.05, 0.1) is 10.6 Å². The lowest BCUT2D eigenvalue weighted by Crippen LogP contribution is -2.12. The number of nitrogens with zero attached hydrogens (tertiary/aromatic N) is 5. The number of benzene rings is 3. The Morgan fingerprint density at radius 1 is 0.684 bits per heavy atom. The number of nitrogens with one attached hydrogen (secondary N) is 1. The molecule has 9 nitrogen and oxygen atoms in total. The molecular formula is C28H20N6O3S. The highest BCUT2D eigenvalue weighted by Crippen LogP contribution is 2.25. The number of pyridine rings is 1. The van der Waals surface area contributed by atoms with Crippen LogP contribution in [-0.2, 0) is 10.0 Å². The molecule has 0 bridgehead atoms. The van der Waals surface area contributed by atoms with Crippen LogP contribution in [0.5, 0.6) is 11.5 Å². The molecule has 0 spiro atoms. The number of anilines is 1. The van der Waals surface area contributed by atoms with Crippen molar-refractivity contribution in [2.24, 2.45) is 0 Å². The van der Waals surface area contributed by atoms with Gasteiger partial charge in [-0.2, -0.15) is 9.61 Å². The van der Waals surface area contributed by atoms with E-state index >= 15 is 0 Å². The van der Waals surface area contributed by atoms with Gasteiger partial charge >= 0.3 is 0 Å². The van der Waals surface area contributed by atoms with Crippen LogP contribution in [0.1, 0.15) is 0 Å². The van der Waals surface area contributed by atoms with Crippen LogP contribution >= 0.6 is 0 Å². The number of hydrogen-bond donors (Lipinski definition) is 1. The van der Waals surface area contributed by atoms with Crippen LogP contribution < -0.4 is 9.46 Å². The van der Waals surface area contributed by atoms with Gasteiger partial charge in [0, 0.05) is 17.4 Å². The Hall–Kier alpha value is -5.09. The molecule has 0 amide bonds. The Bertz CT molecular complexity index is 1810. The van der Waals surface area contributed by atoms with E-state index in [0.717, 1.165) is 5.56 Å². The first kappa shape index (κ1) is 23.3. The molecule has 0 aliphatic heterocycles. The molecule has 0 saturated heterocycles. The van der Waals surface area contributed by atoms with E-state index in [4.69, 9.17) is 4.74 Å². The maximum atomic E-state index is 12.9. The normalized spacial score (nSPS) is 11.4. The fraction of sp³-hybridized carbons (Fsp3) is 0. The second-order valence-corrected chi connectivity index (χ2v) is 9.98. The van der Waals surface area contributed by atoms with Crippen molar-refractivity contribution in [2.45, 2.75) is 4.90 Å². The van der Waals surface area contributed by atoms with Gasteiger partial charge in [0.1, 0.15) is 17.2 Å². The number of ether oxygens (including phenoxy) is 1. The standard InChI is InChI=1S/C28H20N6O3S/c35-38(36,24-15-13-23(14-16-24)37-22-6-2-1-3-7-22)33-21-11-9-20(10-12-21)25-17-18-27-30-31-28(34(27)32-25)26-8-4-5-19-29-26/h1-19,33H. The predicted molar refractivity (Wildman–Crippen MR) is 143 cm³/mol. The maximum Gasteiger partial charge on any atom is 0.261 e. The second kappa shape index (κ2) is 9.75. The molecule has 38 heavy (non-hydrogen) atoms. The second-order valence-electron chi connectivity index (χ2n) is 8.30. The van der Waals surface area contributed by atoms with Gasteiger partial charge in [0.2, 0.25) is 5.82 Å². The molecule has 10 heteroatoms. The summed E-state index contributed by atoms with van der Waals surface area (Å²) in [4.78, 5) is 4.46. The zero-order valence-corrected chi connectivity index (χ0v) is 20.7. The molecule has 0 aliphatic carbocycles. The number of sulfonamides is 1. The highest BCUT2D eigenvalue weighted by atomic mass is 32.2. The smallest absolute Gasteiger partial charge is 0.261 e. The quantitative estimate of drug-likeness (QED) is 0.298. The van der Waals surface area contributed by atoms with Crippen molar-refractivity contribution in [3.63, 3.8) is 0 Å². The van der Waals surface area contributed by atoms with Gasteiger partial charge in [0.25, 0.3) is 10.0 Å². The molecule has 0 fully saturated rings. The minimum atomic E-state index is -3.79. The highest BCUT2D eigenvalue weighted by Gasteiger charge is 2.15. The maximum absolute atomic E-state index is 12.9. The third-order valence-electron chi connectivity index (χ3n) is 5.70. The fourth-order valence-electron chi connectivity index (χ4n) is 3.83. The molecule has 0 aliphatic rings. The summed E-state index contributed by atoms with van der Waals surface area (Å²) in [5, 5.41) is 13.1. The Morgan fingerprint density at radius 3 is 2.16 bits per heavy atom. The SMILES string of the molecule is O=S(=O)(Nc1ccc(-c2ccc3nnc(-c4ccccn4)n3n2)cc1)c1ccc(Oc2ccccc2)cc1. The Labute approximate surface area is 218 Å². The molecule has 186 valence electrons. The lowest BCUT2D eigenvalue weighted by Gasteiger charge is -2.10. The summed E-state index contributed by atoms with van der Waals surface area (Å²) in [6, 6.07) is 31.7. The van der Waals surface area contributed by atoms with E-state index in [2.05, 4.69) is 25.0 Å². The van der Waals surface area contributed by atoms with Crippen molar-refractivity contribution in [1.82, 2.24) is 24.8 Å². The largest absolute Gasteiger partial charge is 0.457 e. The molecule has 0 atom stereocenters. The van der Waals surface area contributed by atoms with Crippen molar-refractivity contribution in [3.05, 3.63) is 115 Å². The molecule has 6 rings (SSSR count). The van der Waals surface area contributed by atoms with Gasteiger partial charge in [0.15, 0.2) is 5.65 Å². The average Bonchev–Trinajstić information content (AvgIpc) is 3.38. The molecule has 3 aromatic heterocycles. The van der Waals surface area contributed by atoms with Gasteiger partial charge in [-0.25, -0.2) is 8.42 Å². The zero-order chi connectivity index (χ0) is 26.0. The molecule has 3 heterocycles. The lowest BCUT2D eigenvalue weighted by atomic mass is 10.1. The fourth-order valence-corrected chi connectivity index (χ4v) is 4.89. The summed E-state index contributed by atoms with van der Waals surface area (Å²) >= 11 is 0. The highest BCUT2D eigenvalue weighted by molar-refractivity contribution is 7.92. The van der Waals surface area contributed by atoms with Crippen LogP contribution in [0.25, 0.3) is 28.4 Å². The van der Waals surface area contributed by atoms with E-state index in [-0.39, 0.29) is 4.90 Å². The van der Waals surface area contributed by atoms with E-state index in [1.54, 1.807) is 47.1 Å². The predicted octanol–water partition coefficient (Wildman–Crippen LogP) is 5.45. The Balaban J connectivity index is 1.19. The first-order valence-corrected chi connectivity index (χ1v) is 13.1. The van der Waals surface area contributed by atoms with Crippen molar-refractivity contribution < 1.29 is 13.2 Å². The van der Waals surface area contributed by atoms with Crippen molar-refractivity contribution >= 4 is 21.4 Å². The monoisotopic (exact) mass is 520 g/mol. The van der Waals surface area contributed by atoms with Crippen molar-refractivity contribution in [3.8, 4) is 34.3 Å². The van der Waals surface area contributed by atoms with E-state index in [9.17, 15) is 8.42 Å². The van der Waals surface area contributed by atoms with Crippen molar-refractivity contribution in [2.75, 3.05) is 4.72 Å². The first-order chi connectivity index (χ1) is 18.5. The summed E-state index contributed by atoms with van der Waals surface area (Å²) in [7, 11) is -3.79. The van der Waals surface area contributed by atoms with E-state index in [1.165, 1.54) is 12.1 Å². The summed E-state index contributed by atoms with van der Waals surface area (Å²) in [5.74, 6) is 1.75. The number of fused-ring (bicyclic) bond motifs is 1. The lowest BCUT2D eigenvalue weighted by molar-refractivity contribution is 0.482. The minimum absolute atomic E-state index is 0.128. The number of hydrogen-bond acceptors (Lipinski definition) is 7. The van der Waals surface area contributed by atoms with Gasteiger partial charge in [-0.05, 0) is 72.8 Å². The van der Waals surface area contributed by atoms with E-state index < -0.39 is 10.0 Å². The van der Waals surface area contributed by atoms with Crippen LogP contribution in [0, 0.1) is 0 Å². The number of rotatable bonds is 7. The van der Waals surface area contributed by atoms with Crippen LogP contribution in [-0.4, -0.2) is 33.2 Å². The van der Waals surface area contributed by atoms with Crippen LogP contribution in [0.3, 0.4) is 0 Å². The zero-order valence-electron chi connectivity index (χ0n) is 19.8. The molecule has 0 unspecified atom stereocenters. The van der Waals surface area contributed by atoms with Gasteiger partial charge in [-0.3, -0.25) is 9.71 Å². The molecular weight excluding hydrogens is 500 g/mol. The van der Waals surface area contributed by atoms with E-state index in [1.807, 2.05) is 60.7 Å².